The highest BCUT2D eigenvalue weighted by Gasteiger charge is 2.17. The summed E-state index contributed by atoms with van der Waals surface area (Å²) in [7, 11) is 1.50. The summed E-state index contributed by atoms with van der Waals surface area (Å²) >= 11 is 0. The Labute approximate surface area is 177 Å². The summed E-state index contributed by atoms with van der Waals surface area (Å²) in [4.78, 5) is 12.3. The molecule has 1 heterocycles. The molecule has 0 bridgehead atoms. The van der Waals surface area contributed by atoms with E-state index in [0.717, 1.165) is 32.6 Å². The highest BCUT2D eigenvalue weighted by molar-refractivity contribution is 5.69. The molecule has 6 nitrogen and oxygen atoms in total. The molecule has 31 heavy (non-hydrogen) atoms. The van der Waals surface area contributed by atoms with Crippen LogP contribution in [0.25, 0.3) is 16.8 Å². The van der Waals surface area contributed by atoms with Gasteiger partial charge in [0.2, 0.25) is 0 Å². The standard InChI is InChI=1S/C23H20F2N4O2/c1-14-7-4-5-9-17(14)22-19(24)11-16(12-20(22)25)31-13-18-15(2)8-6-10-21(18)29-23(30)28(3)26-27-29/h4-12H,13H2,1-3H3. The van der Waals surface area contributed by atoms with Crippen molar-refractivity contribution in [2.45, 2.75) is 20.5 Å². The third-order valence-corrected chi connectivity index (χ3v) is 5.15. The van der Waals surface area contributed by atoms with Crippen LogP contribution >= 0.6 is 0 Å². The molecule has 0 amide bonds. The molecule has 0 atom stereocenters. The van der Waals surface area contributed by atoms with Crippen LogP contribution in [-0.2, 0) is 13.7 Å². The first-order chi connectivity index (χ1) is 14.9. The predicted octanol–water partition coefficient (Wildman–Crippen LogP) is 4.11. The predicted molar refractivity (Wildman–Crippen MR) is 112 cm³/mol. The molecule has 0 radical (unpaired) electrons. The van der Waals surface area contributed by atoms with Gasteiger partial charge in [-0.25, -0.2) is 13.6 Å². The lowest BCUT2D eigenvalue weighted by Crippen LogP contribution is -2.23. The Hall–Kier alpha value is -3.81. The number of rotatable bonds is 5. The van der Waals surface area contributed by atoms with E-state index in [1.807, 2.05) is 19.1 Å². The lowest BCUT2D eigenvalue weighted by atomic mass is 9.99. The van der Waals surface area contributed by atoms with Gasteiger partial charge in [0.25, 0.3) is 0 Å². The number of aryl methyl sites for hydroxylation is 3. The Kier molecular flexibility index (Phi) is 5.37. The van der Waals surface area contributed by atoms with Crippen LogP contribution in [0, 0.1) is 25.5 Å². The van der Waals surface area contributed by atoms with Gasteiger partial charge in [-0.3, -0.25) is 0 Å². The van der Waals surface area contributed by atoms with E-state index >= 15 is 0 Å². The molecule has 158 valence electrons. The molecule has 0 saturated heterocycles. The fourth-order valence-corrected chi connectivity index (χ4v) is 3.44. The highest BCUT2D eigenvalue weighted by atomic mass is 19.1. The minimum absolute atomic E-state index is 0.00634. The second kappa shape index (κ2) is 8.14. The van der Waals surface area contributed by atoms with Gasteiger partial charge in [-0.15, -0.1) is 0 Å². The topological polar surface area (TPSA) is 61.9 Å². The van der Waals surface area contributed by atoms with E-state index in [9.17, 15) is 13.6 Å². The zero-order valence-corrected chi connectivity index (χ0v) is 17.3. The zero-order valence-electron chi connectivity index (χ0n) is 17.3. The molecular formula is C23H20F2N4O2. The molecule has 0 saturated carbocycles. The highest BCUT2D eigenvalue weighted by Crippen LogP contribution is 2.32. The van der Waals surface area contributed by atoms with Crippen molar-refractivity contribution in [3.05, 3.63) is 93.4 Å². The number of tetrazole rings is 1. The molecule has 0 N–H and O–H groups in total. The monoisotopic (exact) mass is 422 g/mol. The van der Waals surface area contributed by atoms with Crippen LogP contribution in [0.5, 0.6) is 5.75 Å². The average Bonchev–Trinajstić information content (AvgIpc) is 3.06. The summed E-state index contributed by atoms with van der Waals surface area (Å²) in [5.41, 5.74) is 2.76. The molecule has 0 unspecified atom stereocenters. The number of halogens is 2. The van der Waals surface area contributed by atoms with Gasteiger partial charge < -0.3 is 4.74 Å². The summed E-state index contributed by atoms with van der Waals surface area (Å²) in [5.74, 6) is -1.37. The SMILES string of the molecule is Cc1ccccc1-c1c(F)cc(OCc2c(C)cccc2-n2nnn(C)c2=O)cc1F. The Bertz CT molecular complexity index is 1300. The van der Waals surface area contributed by atoms with Gasteiger partial charge in [0, 0.05) is 24.7 Å². The van der Waals surface area contributed by atoms with E-state index in [1.54, 1.807) is 37.3 Å². The van der Waals surface area contributed by atoms with Crippen LogP contribution in [0.15, 0.2) is 59.4 Å². The lowest BCUT2D eigenvalue weighted by molar-refractivity contribution is 0.301. The molecular weight excluding hydrogens is 402 g/mol. The molecule has 0 aliphatic heterocycles. The van der Waals surface area contributed by atoms with Crippen LogP contribution in [0.1, 0.15) is 16.7 Å². The van der Waals surface area contributed by atoms with Gasteiger partial charge in [-0.1, -0.05) is 36.4 Å². The van der Waals surface area contributed by atoms with Crippen molar-refractivity contribution in [1.29, 1.82) is 0 Å². The summed E-state index contributed by atoms with van der Waals surface area (Å²) in [6.45, 7) is 3.65. The van der Waals surface area contributed by atoms with E-state index in [1.165, 1.54) is 7.05 Å². The molecule has 3 aromatic carbocycles. The van der Waals surface area contributed by atoms with Crippen LogP contribution < -0.4 is 10.4 Å². The van der Waals surface area contributed by atoms with Crippen LogP contribution in [0.2, 0.25) is 0 Å². The van der Waals surface area contributed by atoms with Crippen molar-refractivity contribution in [2.24, 2.45) is 7.05 Å². The third-order valence-electron chi connectivity index (χ3n) is 5.15. The molecule has 4 aromatic rings. The summed E-state index contributed by atoms with van der Waals surface area (Å²) < 4.78 is 37.6. The van der Waals surface area contributed by atoms with Gasteiger partial charge in [0.1, 0.15) is 24.0 Å². The van der Waals surface area contributed by atoms with E-state index < -0.39 is 17.3 Å². The average molecular weight is 422 g/mol. The molecule has 8 heteroatoms. The first-order valence-corrected chi connectivity index (χ1v) is 9.62. The third kappa shape index (κ3) is 3.84. The zero-order chi connectivity index (χ0) is 22.1. The Balaban J connectivity index is 1.66. The van der Waals surface area contributed by atoms with Crippen molar-refractivity contribution in [3.63, 3.8) is 0 Å². The number of benzene rings is 3. The van der Waals surface area contributed by atoms with E-state index in [4.69, 9.17) is 4.74 Å². The van der Waals surface area contributed by atoms with Crippen LogP contribution in [-0.4, -0.2) is 19.8 Å². The van der Waals surface area contributed by atoms with Crippen molar-refractivity contribution < 1.29 is 13.5 Å². The molecule has 0 fully saturated rings. The molecule has 1 aromatic heterocycles. The van der Waals surface area contributed by atoms with Crippen molar-refractivity contribution in [1.82, 2.24) is 19.8 Å². The maximum absolute atomic E-state index is 14.8. The summed E-state index contributed by atoms with van der Waals surface area (Å²) in [6.07, 6.45) is 0. The van der Waals surface area contributed by atoms with Gasteiger partial charge in [0.15, 0.2) is 0 Å². The largest absolute Gasteiger partial charge is 0.489 e. The Morgan fingerprint density at radius 3 is 2.26 bits per heavy atom. The second-order valence-corrected chi connectivity index (χ2v) is 7.23. The van der Waals surface area contributed by atoms with Gasteiger partial charge in [-0.05, 0) is 47.0 Å². The molecule has 0 aliphatic carbocycles. The minimum atomic E-state index is -0.709. The van der Waals surface area contributed by atoms with E-state index in [-0.39, 0.29) is 17.9 Å². The normalized spacial score (nSPS) is 11.0. The number of ether oxygens (including phenoxy) is 1. The number of hydrogen-bond acceptors (Lipinski definition) is 4. The summed E-state index contributed by atoms with van der Waals surface area (Å²) in [6, 6.07) is 14.7. The molecule has 0 spiro atoms. The van der Waals surface area contributed by atoms with Crippen molar-refractivity contribution >= 4 is 0 Å². The van der Waals surface area contributed by atoms with Crippen molar-refractivity contribution in [3.8, 4) is 22.6 Å². The first kappa shape index (κ1) is 20.5. The van der Waals surface area contributed by atoms with Gasteiger partial charge in [0.05, 0.1) is 11.3 Å². The first-order valence-electron chi connectivity index (χ1n) is 9.62. The van der Waals surface area contributed by atoms with Crippen molar-refractivity contribution in [2.75, 3.05) is 0 Å². The smallest absolute Gasteiger partial charge is 0.368 e. The van der Waals surface area contributed by atoms with E-state index in [0.29, 0.717) is 16.8 Å². The Morgan fingerprint density at radius 2 is 1.61 bits per heavy atom. The molecule has 0 aliphatic rings. The minimum Gasteiger partial charge on any atom is -0.489 e. The lowest BCUT2D eigenvalue weighted by Gasteiger charge is -2.14. The number of aromatic nitrogens is 4. The maximum Gasteiger partial charge on any atom is 0.368 e. The summed E-state index contributed by atoms with van der Waals surface area (Å²) in [5, 5.41) is 7.59. The van der Waals surface area contributed by atoms with Crippen LogP contribution in [0.4, 0.5) is 8.78 Å². The van der Waals surface area contributed by atoms with Gasteiger partial charge in [-0.2, -0.15) is 9.36 Å². The fourth-order valence-electron chi connectivity index (χ4n) is 3.44. The number of hydrogen-bond donors (Lipinski definition) is 0. The molecule has 4 rings (SSSR count). The van der Waals surface area contributed by atoms with Gasteiger partial charge >= 0.3 is 5.69 Å². The number of nitrogens with zero attached hydrogens (tertiary/aromatic N) is 4. The van der Waals surface area contributed by atoms with Crippen LogP contribution in [0.3, 0.4) is 0 Å². The Morgan fingerprint density at radius 1 is 0.935 bits per heavy atom. The fraction of sp³-hybridized carbons (Fsp3) is 0.174. The van der Waals surface area contributed by atoms with E-state index in [2.05, 4.69) is 10.4 Å². The maximum atomic E-state index is 14.8. The second-order valence-electron chi connectivity index (χ2n) is 7.23. The quantitative estimate of drug-likeness (QED) is 0.486.